The van der Waals surface area contributed by atoms with Gasteiger partial charge in [-0.15, -0.1) is 0 Å². The summed E-state index contributed by atoms with van der Waals surface area (Å²) in [7, 11) is 3.79. The number of para-hydroxylation sites is 1. The standard InChI is InChI=1S/C16H19BrN2O/c1-19(10-12-6-3-4-9-15(12)20-2)11-13-7-5-8-14(18)16(13)17/h3-9H,10-11,18H2,1-2H3. The van der Waals surface area contributed by atoms with Crippen LogP contribution in [0.1, 0.15) is 11.1 Å². The quantitative estimate of drug-likeness (QED) is 0.848. The highest BCUT2D eigenvalue weighted by molar-refractivity contribution is 9.10. The van der Waals surface area contributed by atoms with Gasteiger partial charge in [-0.25, -0.2) is 0 Å². The summed E-state index contributed by atoms with van der Waals surface area (Å²) < 4.78 is 6.36. The van der Waals surface area contributed by atoms with E-state index in [2.05, 4.69) is 40.0 Å². The molecule has 0 amide bonds. The average Bonchev–Trinajstić information content (AvgIpc) is 2.44. The first-order chi connectivity index (χ1) is 9.61. The van der Waals surface area contributed by atoms with Crippen molar-refractivity contribution in [2.24, 2.45) is 0 Å². The van der Waals surface area contributed by atoms with Crippen LogP contribution >= 0.6 is 15.9 Å². The van der Waals surface area contributed by atoms with Crippen LogP contribution in [0, 0.1) is 0 Å². The summed E-state index contributed by atoms with van der Waals surface area (Å²) >= 11 is 3.55. The molecule has 0 unspecified atom stereocenters. The summed E-state index contributed by atoms with van der Waals surface area (Å²) in [6.45, 7) is 1.65. The van der Waals surface area contributed by atoms with Crippen molar-refractivity contribution in [2.45, 2.75) is 13.1 Å². The topological polar surface area (TPSA) is 38.5 Å². The minimum atomic E-state index is 0.771. The van der Waals surface area contributed by atoms with Gasteiger partial charge < -0.3 is 10.5 Å². The molecule has 0 aliphatic heterocycles. The van der Waals surface area contributed by atoms with Crippen molar-refractivity contribution in [2.75, 3.05) is 19.9 Å². The molecular weight excluding hydrogens is 316 g/mol. The molecule has 106 valence electrons. The number of nitrogens with zero attached hydrogens (tertiary/aromatic N) is 1. The normalized spacial score (nSPS) is 10.8. The zero-order valence-electron chi connectivity index (χ0n) is 11.8. The van der Waals surface area contributed by atoms with Gasteiger partial charge in [-0.1, -0.05) is 30.3 Å². The highest BCUT2D eigenvalue weighted by Crippen LogP contribution is 2.26. The molecule has 3 nitrogen and oxygen atoms in total. The molecule has 20 heavy (non-hydrogen) atoms. The third kappa shape index (κ3) is 3.52. The summed E-state index contributed by atoms with van der Waals surface area (Å²) in [4.78, 5) is 2.23. The van der Waals surface area contributed by atoms with Crippen molar-refractivity contribution in [3.8, 4) is 5.75 Å². The van der Waals surface area contributed by atoms with Gasteiger partial charge in [0.2, 0.25) is 0 Å². The zero-order valence-corrected chi connectivity index (χ0v) is 13.4. The smallest absolute Gasteiger partial charge is 0.123 e. The second kappa shape index (κ2) is 6.77. The number of ether oxygens (including phenoxy) is 1. The van der Waals surface area contributed by atoms with E-state index in [1.807, 2.05) is 30.3 Å². The van der Waals surface area contributed by atoms with Crippen LogP contribution in [0.3, 0.4) is 0 Å². The molecule has 0 aromatic heterocycles. The Balaban J connectivity index is 2.09. The van der Waals surface area contributed by atoms with Crippen molar-refractivity contribution < 1.29 is 4.74 Å². The molecule has 0 spiro atoms. The van der Waals surface area contributed by atoms with Crippen LogP contribution in [0.5, 0.6) is 5.75 Å². The Morgan fingerprint density at radius 3 is 2.45 bits per heavy atom. The Bertz CT molecular complexity index is 586. The van der Waals surface area contributed by atoms with Crippen LogP contribution < -0.4 is 10.5 Å². The van der Waals surface area contributed by atoms with Crippen molar-refractivity contribution in [3.05, 3.63) is 58.1 Å². The third-order valence-corrected chi connectivity index (χ3v) is 4.15. The highest BCUT2D eigenvalue weighted by Gasteiger charge is 2.09. The first kappa shape index (κ1) is 14.9. The molecule has 2 rings (SSSR count). The van der Waals surface area contributed by atoms with Gasteiger partial charge in [0.1, 0.15) is 5.75 Å². The fraction of sp³-hybridized carbons (Fsp3) is 0.250. The van der Waals surface area contributed by atoms with E-state index in [1.165, 1.54) is 11.1 Å². The maximum Gasteiger partial charge on any atom is 0.123 e. The molecule has 2 aromatic carbocycles. The lowest BCUT2D eigenvalue weighted by Crippen LogP contribution is -2.18. The molecule has 0 aliphatic rings. The Labute approximate surface area is 128 Å². The summed E-state index contributed by atoms with van der Waals surface area (Å²) in [5.41, 5.74) is 9.04. The first-order valence-electron chi connectivity index (χ1n) is 6.45. The van der Waals surface area contributed by atoms with Crippen LogP contribution in [0.15, 0.2) is 46.9 Å². The Morgan fingerprint density at radius 1 is 1.05 bits per heavy atom. The predicted molar refractivity (Wildman–Crippen MR) is 86.7 cm³/mol. The van der Waals surface area contributed by atoms with Crippen LogP contribution in [0.2, 0.25) is 0 Å². The molecule has 0 radical (unpaired) electrons. The lowest BCUT2D eigenvalue weighted by Gasteiger charge is -2.19. The monoisotopic (exact) mass is 334 g/mol. The van der Waals surface area contributed by atoms with Crippen LogP contribution in [-0.4, -0.2) is 19.1 Å². The van der Waals surface area contributed by atoms with Crippen molar-refractivity contribution in [3.63, 3.8) is 0 Å². The van der Waals surface area contributed by atoms with Gasteiger partial charge in [0.05, 0.1) is 7.11 Å². The molecule has 0 aliphatic carbocycles. The molecule has 0 saturated carbocycles. The van der Waals surface area contributed by atoms with E-state index in [4.69, 9.17) is 10.5 Å². The average molecular weight is 335 g/mol. The summed E-state index contributed by atoms with van der Waals surface area (Å²) in [5.74, 6) is 0.922. The van der Waals surface area contributed by atoms with Crippen LogP contribution in [0.4, 0.5) is 5.69 Å². The summed E-state index contributed by atoms with van der Waals surface area (Å²) in [6.07, 6.45) is 0. The molecule has 2 N–H and O–H groups in total. The number of nitrogen functional groups attached to an aromatic ring is 1. The van der Waals surface area contributed by atoms with E-state index in [1.54, 1.807) is 7.11 Å². The number of halogens is 1. The van der Waals surface area contributed by atoms with Gasteiger partial charge in [-0.05, 0) is 40.7 Å². The fourth-order valence-corrected chi connectivity index (χ4v) is 2.58. The first-order valence-corrected chi connectivity index (χ1v) is 7.24. The van der Waals surface area contributed by atoms with Crippen molar-refractivity contribution >= 4 is 21.6 Å². The van der Waals surface area contributed by atoms with E-state index in [0.717, 1.165) is 29.0 Å². The number of rotatable bonds is 5. The number of benzene rings is 2. The molecule has 4 heteroatoms. The Hall–Kier alpha value is -1.52. The molecule has 0 heterocycles. The fourth-order valence-electron chi connectivity index (χ4n) is 2.19. The largest absolute Gasteiger partial charge is 0.496 e. The van der Waals surface area contributed by atoms with Crippen LogP contribution in [0.25, 0.3) is 0 Å². The lowest BCUT2D eigenvalue weighted by molar-refractivity contribution is 0.309. The lowest BCUT2D eigenvalue weighted by atomic mass is 10.1. The Kier molecular flexibility index (Phi) is 5.04. The maximum absolute atomic E-state index is 5.91. The number of hydrogen-bond donors (Lipinski definition) is 1. The molecule has 0 atom stereocenters. The van der Waals surface area contributed by atoms with Gasteiger partial charge >= 0.3 is 0 Å². The third-order valence-electron chi connectivity index (χ3n) is 3.18. The molecule has 0 saturated heterocycles. The number of hydrogen-bond acceptors (Lipinski definition) is 3. The van der Waals surface area contributed by atoms with Gasteiger partial charge in [-0.2, -0.15) is 0 Å². The van der Waals surface area contributed by atoms with Crippen molar-refractivity contribution in [1.82, 2.24) is 4.90 Å². The maximum atomic E-state index is 5.91. The van der Waals surface area contributed by atoms with E-state index in [0.29, 0.717) is 0 Å². The Morgan fingerprint density at radius 2 is 1.70 bits per heavy atom. The molecule has 0 bridgehead atoms. The van der Waals surface area contributed by atoms with Gasteiger partial charge in [-0.3, -0.25) is 4.90 Å². The highest BCUT2D eigenvalue weighted by atomic mass is 79.9. The molecular formula is C16H19BrN2O. The van der Waals surface area contributed by atoms with Crippen LogP contribution in [-0.2, 0) is 13.1 Å². The number of nitrogens with two attached hydrogens (primary N) is 1. The minimum absolute atomic E-state index is 0.771. The minimum Gasteiger partial charge on any atom is -0.496 e. The SMILES string of the molecule is COc1ccccc1CN(C)Cc1cccc(N)c1Br. The second-order valence-corrected chi connectivity index (χ2v) is 5.60. The van der Waals surface area contributed by atoms with Gasteiger partial charge in [0.25, 0.3) is 0 Å². The summed E-state index contributed by atoms with van der Waals surface area (Å²) in [6, 6.07) is 14.0. The van der Waals surface area contributed by atoms with Crippen molar-refractivity contribution in [1.29, 1.82) is 0 Å². The molecule has 2 aromatic rings. The predicted octanol–water partition coefficient (Wildman–Crippen LogP) is 3.67. The number of anilines is 1. The molecule has 0 fully saturated rings. The van der Waals surface area contributed by atoms with E-state index in [-0.39, 0.29) is 0 Å². The zero-order chi connectivity index (χ0) is 14.5. The van der Waals surface area contributed by atoms with E-state index >= 15 is 0 Å². The van der Waals surface area contributed by atoms with E-state index < -0.39 is 0 Å². The van der Waals surface area contributed by atoms with Gasteiger partial charge in [0, 0.05) is 28.8 Å². The second-order valence-electron chi connectivity index (χ2n) is 4.80. The van der Waals surface area contributed by atoms with Gasteiger partial charge in [0.15, 0.2) is 0 Å². The number of methoxy groups -OCH3 is 1. The summed E-state index contributed by atoms with van der Waals surface area (Å²) in [5, 5.41) is 0. The van der Waals surface area contributed by atoms with E-state index in [9.17, 15) is 0 Å².